The van der Waals surface area contributed by atoms with Crippen molar-refractivity contribution in [2.24, 2.45) is 5.92 Å². The van der Waals surface area contributed by atoms with Crippen LogP contribution in [0.15, 0.2) is 0 Å². The Kier molecular flexibility index (Phi) is 6.72. The maximum absolute atomic E-state index is 12.3. The summed E-state index contributed by atoms with van der Waals surface area (Å²) in [5.41, 5.74) is 0. The van der Waals surface area contributed by atoms with Gasteiger partial charge in [-0.3, -0.25) is 9.69 Å². The molecule has 1 aliphatic rings. The molecule has 0 aliphatic carbocycles. The van der Waals surface area contributed by atoms with Crippen LogP contribution >= 0.6 is 12.2 Å². The molecule has 1 heterocycles. The molecular formula is C14H27N3OS. The molecular weight excluding hydrogens is 258 g/mol. The van der Waals surface area contributed by atoms with Gasteiger partial charge in [0, 0.05) is 6.54 Å². The lowest BCUT2D eigenvalue weighted by molar-refractivity contribution is -0.128. The zero-order valence-corrected chi connectivity index (χ0v) is 13.4. The van der Waals surface area contributed by atoms with E-state index in [0.29, 0.717) is 11.0 Å². The van der Waals surface area contributed by atoms with Crippen molar-refractivity contribution < 1.29 is 4.79 Å². The predicted molar refractivity (Wildman–Crippen MR) is 83.1 cm³/mol. The average molecular weight is 285 g/mol. The molecule has 0 unspecified atom stereocenters. The van der Waals surface area contributed by atoms with Crippen LogP contribution in [0.2, 0.25) is 0 Å². The third-order valence-corrected chi connectivity index (χ3v) is 4.36. The normalized spacial score (nSPS) is 21.1. The smallest absolute Gasteiger partial charge is 0.251 e. The highest BCUT2D eigenvalue weighted by Crippen LogP contribution is 2.17. The number of carbonyl (C=O) groups excluding carboxylic acids is 1. The first-order chi connectivity index (χ1) is 9.04. The topological polar surface area (TPSA) is 35.6 Å². The van der Waals surface area contributed by atoms with Gasteiger partial charge in [0.2, 0.25) is 0 Å². The van der Waals surface area contributed by atoms with Crippen LogP contribution in [0.4, 0.5) is 0 Å². The predicted octanol–water partition coefficient (Wildman–Crippen LogP) is 1.85. The van der Waals surface area contributed by atoms with Crippen molar-refractivity contribution in [3.05, 3.63) is 0 Å². The van der Waals surface area contributed by atoms with E-state index in [0.717, 1.165) is 39.0 Å². The van der Waals surface area contributed by atoms with Crippen LogP contribution < -0.4 is 5.32 Å². The molecule has 5 heteroatoms. The second-order valence-electron chi connectivity index (χ2n) is 5.18. The van der Waals surface area contributed by atoms with E-state index < -0.39 is 0 Å². The van der Waals surface area contributed by atoms with Gasteiger partial charge in [-0.1, -0.05) is 34.1 Å². The summed E-state index contributed by atoms with van der Waals surface area (Å²) in [5, 5.41) is 3.77. The van der Waals surface area contributed by atoms with Crippen LogP contribution in [-0.4, -0.2) is 53.0 Å². The summed E-state index contributed by atoms with van der Waals surface area (Å²) in [5.74, 6) is 0.483. The number of carbonyl (C=O) groups is 1. The highest BCUT2D eigenvalue weighted by Gasteiger charge is 2.37. The van der Waals surface area contributed by atoms with Crippen molar-refractivity contribution in [1.82, 2.24) is 15.1 Å². The van der Waals surface area contributed by atoms with E-state index in [2.05, 4.69) is 37.9 Å². The van der Waals surface area contributed by atoms with E-state index >= 15 is 0 Å². The molecule has 1 aliphatic heterocycles. The van der Waals surface area contributed by atoms with E-state index in [-0.39, 0.29) is 11.9 Å². The Morgan fingerprint density at radius 2 is 2.00 bits per heavy atom. The number of thiocarbonyl (C=S) groups is 1. The lowest BCUT2D eigenvalue weighted by atomic mass is 9.99. The Morgan fingerprint density at radius 1 is 1.37 bits per heavy atom. The largest absolute Gasteiger partial charge is 0.350 e. The highest BCUT2D eigenvalue weighted by atomic mass is 32.1. The molecule has 0 aromatic carbocycles. The molecule has 0 aromatic heterocycles. The van der Waals surface area contributed by atoms with E-state index in [1.165, 1.54) is 0 Å². The summed E-state index contributed by atoms with van der Waals surface area (Å²) in [6, 6.07) is -0.119. The highest BCUT2D eigenvalue weighted by molar-refractivity contribution is 7.80. The van der Waals surface area contributed by atoms with Crippen molar-refractivity contribution in [3.8, 4) is 0 Å². The average Bonchev–Trinajstić information content (AvgIpc) is 2.70. The molecule has 0 bridgehead atoms. The summed E-state index contributed by atoms with van der Waals surface area (Å²) < 4.78 is 0. The van der Waals surface area contributed by atoms with Crippen molar-refractivity contribution in [2.75, 3.05) is 26.2 Å². The van der Waals surface area contributed by atoms with Gasteiger partial charge >= 0.3 is 0 Å². The molecule has 4 nitrogen and oxygen atoms in total. The molecule has 0 aromatic rings. The van der Waals surface area contributed by atoms with Gasteiger partial charge in [0.05, 0.1) is 0 Å². The molecule has 0 saturated carbocycles. The summed E-state index contributed by atoms with van der Waals surface area (Å²) >= 11 is 5.28. The van der Waals surface area contributed by atoms with Crippen molar-refractivity contribution >= 4 is 23.2 Å². The fourth-order valence-corrected chi connectivity index (χ4v) is 2.67. The lowest BCUT2D eigenvalue weighted by Crippen LogP contribution is -2.36. The molecule has 19 heavy (non-hydrogen) atoms. The first-order valence-electron chi connectivity index (χ1n) is 7.39. The quantitative estimate of drug-likeness (QED) is 0.690. The molecule has 1 saturated heterocycles. The van der Waals surface area contributed by atoms with Crippen molar-refractivity contribution in [1.29, 1.82) is 0 Å². The van der Waals surface area contributed by atoms with Gasteiger partial charge in [-0.2, -0.15) is 0 Å². The number of hydrogen-bond donors (Lipinski definition) is 1. The van der Waals surface area contributed by atoms with Crippen LogP contribution in [0.1, 0.15) is 40.5 Å². The Bertz CT molecular complexity index is 318. The zero-order valence-electron chi connectivity index (χ0n) is 12.6. The zero-order chi connectivity index (χ0) is 14.4. The van der Waals surface area contributed by atoms with Crippen LogP contribution in [0.5, 0.6) is 0 Å². The summed E-state index contributed by atoms with van der Waals surface area (Å²) in [6.07, 6.45) is 1.96. The Morgan fingerprint density at radius 3 is 2.53 bits per heavy atom. The van der Waals surface area contributed by atoms with E-state index in [1.54, 1.807) is 4.90 Å². The molecule has 110 valence electrons. The van der Waals surface area contributed by atoms with Gasteiger partial charge in [0.15, 0.2) is 5.11 Å². The minimum Gasteiger partial charge on any atom is -0.350 e. The Labute approximate surface area is 122 Å². The molecule has 0 radical (unpaired) electrons. The molecule has 2 atom stereocenters. The third-order valence-electron chi connectivity index (χ3n) is 4.02. The van der Waals surface area contributed by atoms with Gasteiger partial charge in [0.1, 0.15) is 6.04 Å². The minimum absolute atomic E-state index is 0.119. The first-order valence-corrected chi connectivity index (χ1v) is 7.80. The number of nitrogens with zero attached hydrogens (tertiary/aromatic N) is 2. The van der Waals surface area contributed by atoms with Crippen LogP contribution in [-0.2, 0) is 4.79 Å². The number of nitrogens with one attached hydrogen (secondary N) is 1. The number of rotatable bonds is 8. The van der Waals surface area contributed by atoms with Crippen LogP contribution in [0, 0.1) is 5.92 Å². The second-order valence-corrected chi connectivity index (χ2v) is 5.57. The fourth-order valence-electron chi connectivity index (χ4n) is 2.37. The Hall–Kier alpha value is -0.680. The Balaban J connectivity index is 2.46. The van der Waals surface area contributed by atoms with Gasteiger partial charge in [-0.15, -0.1) is 0 Å². The molecule has 1 rings (SSSR count). The van der Waals surface area contributed by atoms with Crippen molar-refractivity contribution in [2.45, 2.75) is 46.6 Å². The summed E-state index contributed by atoms with van der Waals surface area (Å²) in [6.45, 7) is 12.4. The van der Waals surface area contributed by atoms with E-state index in [1.807, 2.05) is 0 Å². The van der Waals surface area contributed by atoms with Gasteiger partial charge in [-0.05, 0) is 44.2 Å². The maximum Gasteiger partial charge on any atom is 0.251 e. The monoisotopic (exact) mass is 285 g/mol. The first kappa shape index (κ1) is 16.4. The van der Waals surface area contributed by atoms with Crippen LogP contribution in [0.25, 0.3) is 0 Å². The molecule has 1 N–H and O–H groups in total. The SMILES string of the molecule is CC[C@@H](C)[C@H]1NC(=S)N(CCCN(CC)CC)C1=O. The second kappa shape index (κ2) is 7.80. The lowest BCUT2D eigenvalue weighted by Gasteiger charge is -2.20. The van der Waals surface area contributed by atoms with Crippen LogP contribution in [0.3, 0.4) is 0 Å². The standard InChI is InChI=1S/C14H27N3OS/c1-5-11(4)12-13(18)17(14(19)15-12)10-8-9-16(6-2)7-3/h11-12H,5-10H2,1-4H3,(H,15,19)/t11-,12-/m1/s1. The number of hydrogen-bond acceptors (Lipinski definition) is 3. The summed E-state index contributed by atoms with van der Waals surface area (Å²) in [7, 11) is 0. The molecule has 0 spiro atoms. The third kappa shape index (κ3) is 4.14. The van der Waals surface area contributed by atoms with Gasteiger partial charge in [-0.25, -0.2) is 0 Å². The van der Waals surface area contributed by atoms with E-state index in [9.17, 15) is 4.79 Å². The minimum atomic E-state index is -0.119. The molecule has 1 amide bonds. The summed E-state index contributed by atoms with van der Waals surface area (Å²) in [4.78, 5) is 16.4. The number of amides is 1. The maximum atomic E-state index is 12.3. The fraction of sp³-hybridized carbons (Fsp3) is 0.857. The molecule has 1 fully saturated rings. The van der Waals surface area contributed by atoms with Gasteiger partial charge < -0.3 is 10.2 Å². The van der Waals surface area contributed by atoms with Gasteiger partial charge in [0.25, 0.3) is 5.91 Å². The van der Waals surface area contributed by atoms with Crippen molar-refractivity contribution in [3.63, 3.8) is 0 Å². The van der Waals surface area contributed by atoms with E-state index in [4.69, 9.17) is 12.2 Å².